The number of benzene rings is 1. The van der Waals surface area contributed by atoms with Crippen molar-refractivity contribution in [3.63, 3.8) is 0 Å². The molecule has 0 saturated heterocycles. The first kappa shape index (κ1) is 23.6. The van der Waals surface area contributed by atoms with Gasteiger partial charge in [0.25, 0.3) is 5.91 Å². The van der Waals surface area contributed by atoms with Gasteiger partial charge in [0.1, 0.15) is 17.1 Å². The number of pyridine rings is 1. The van der Waals surface area contributed by atoms with Crippen LogP contribution in [0.5, 0.6) is 0 Å². The van der Waals surface area contributed by atoms with Gasteiger partial charge in [-0.05, 0) is 49.6 Å². The van der Waals surface area contributed by atoms with E-state index < -0.39 is 12.1 Å². The molecule has 0 radical (unpaired) electrons. The fourth-order valence-electron chi connectivity index (χ4n) is 3.53. The third-order valence-corrected chi connectivity index (χ3v) is 5.04. The maximum Gasteiger partial charge on any atom is 0.255 e. The van der Waals surface area contributed by atoms with Crippen molar-refractivity contribution in [2.24, 2.45) is 5.73 Å². The molecule has 32 heavy (non-hydrogen) atoms. The number of anilines is 1. The average molecular weight is 445 g/mol. The number of rotatable bonds is 9. The van der Waals surface area contributed by atoms with Crippen molar-refractivity contribution < 1.29 is 24.1 Å². The number of amides is 1. The third-order valence-electron chi connectivity index (χ3n) is 5.04. The molecule has 1 aliphatic heterocycles. The van der Waals surface area contributed by atoms with Gasteiger partial charge in [0, 0.05) is 25.8 Å². The number of nitrogens with two attached hydrogens (primary N) is 1. The molecule has 0 bridgehead atoms. The molecule has 1 aromatic carbocycles. The molecule has 2 heterocycles. The van der Waals surface area contributed by atoms with Gasteiger partial charge in [-0.3, -0.25) is 9.78 Å². The highest BCUT2D eigenvalue weighted by Gasteiger charge is 2.36. The van der Waals surface area contributed by atoms with Crippen molar-refractivity contribution >= 4 is 17.4 Å². The molecular weight excluding hydrogens is 415 g/mol. The lowest BCUT2D eigenvalue weighted by Crippen LogP contribution is -2.47. The van der Waals surface area contributed by atoms with Crippen LogP contribution in [0.3, 0.4) is 0 Å². The van der Waals surface area contributed by atoms with E-state index in [1.54, 1.807) is 24.4 Å². The molecule has 9 heteroatoms. The normalized spacial score (nSPS) is 15.8. The van der Waals surface area contributed by atoms with Gasteiger partial charge in [-0.15, -0.1) is 0 Å². The lowest BCUT2D eigenvalue weighted by Gasteiger charge is -2.36. The second-order valence-electron chi connectivity index (χ2n) is 7.81. The van der Waals surface area contributed by atoms with E-state index >= 15 is 0 Å². The summed E-state index contributed by atoms with van der Waals surface area (Å²) in [6.07, 6.45) is 0.712. The lowest BCUT2D eigenvalue weighted by atomic mass is 9.99. The maximum absolute atomic E-state index is 13.2. The van der Waals surface area contributed by atoms with E-state index in [1.165, 1.54) is 17.0 Å². The summed E-state index contributed by atoms with van der Waals surface area (Å²) >= 11 is 0. The lowest BCUT2D eigenvalue weighted by molar-refractivity contribution is -0.118. The number of carbonyl (C=O) groups excluding carboxylic acids is 1. The van der Waals surface area contributed by atoms with Crippen LogP contribution in [0, 0.1) is 5.82 Å². The maximum atomic E-state index is 13.2. The summed E-state index contributed by atoms with van der Waals surface area (Å²) in [6, 6.07) is 7.93. The van der Waals surface area contributed by atoms with Crippen LogP contribution in [0.15, 0.2) is 42.1 Å². The molecule has 0 spiro atoms. The van der Waals surface area contributed by atoms with E-state index in [4.69, 9.17) is 10.5 Å². The number of aromatic nitrogens is 1. The van der Waals surface area contributed by atoms with E-state index in [9.17, 15) is 19.4 Å². The van der Waals surface area contributed by atoms with Gasteiger partial charge < -0.3 is 30.9 Å². The van der Waals surface area contributed by atoms with Gasteiger partial charge in [0.05, 0.1) is 18.4 Å². The van der Waals surface area contributed by atoms with Crippen molar-refractivity contribution in [1.82, 2.24) is 10.3 Å². The Bertz CT molecular complexity index is 978. The fourth-order valence-corrected chi connectivity index (χ4v) is 3.53. The number of aliphatic hydroxyl groups excluding tert-OH is 2. The summed E-state index contributed by atoms with van der Waals surface area (Å²) in [6.45, 7) is 4.78. The Balaban J connectivity index is 1.88. The van der Waals surface area contributed by atoms with Crippen LogP contribution >= 0.6 is 0 Å². The Morgan fingerprint density at radius 1 is 1.31 bits per heavy atom. The molecule has 1 aliphatic rings. The topological polar surface area (TPSA) is 121 Å². The monoisotopic (exact) mass is 444 g/mol. The van der Waals surface area contributed by atoms with Crippen LogP contribution < -0.4 is 16.0 Å². The van der Waals surface area contributed by atoms with E-state index in [0.717, 1.165) is 11.1 Å². The minimum atomic E-state index is -1.39. The molecule has 0 saturated carbocycles. The molecule has 2 aromatic rings. The van der Waals surface area contributed by atoms with Crippen LogP contribution in [0.1, 0.15) is 30.7 Å². The van der Waals surface area contributed by atoms with Crippen LogP contribution in [0.25, 0.3) is 5.76 Å². The zero-order chi connectivity index (χ0) is 23.3. The second kappa shape index (κ2) is 10.5. The molecule has 1 amide bonds. The molecule has 0 aliphatic carbocycles. The summed E-state index contributed by atoms with van der Waals surface area (Å²) in [5.41, 5.74) is 7.90. The molecule has 0 fully saturated rings. The third kappa shape index (κ3) is 5.42. The van der Waals surface area contributed by atoms with Gasteiger partial charge in [-0.25, -0.2) is 4.39 Å². The summed E-state index contributed by atoms with van der Waals surface area (Å²) in [4.78, 5) is 18.6. The highest BCUT2D eigenvalue weighted by Crippen LogP contribution is 2.35. The highest BCUT2D eigenvalue weighted by atomic mass is 19.1. The number of carbonyl (C=O) groups is 1. The number of hydrogen-bond acceptors (Lipinski definition) is 7. The average Bonchev–Trinajstić information content (AvgIpc) is 2.75. The van der Waals surface area contributed by atoms with Crippen molar-refractivity contribution in [2.75, 3.05) is 31.1 Å². The van der Waals surface area contributed by atoms with Gasteiger partial charge in [-0.2, -0.15) is 0 Å². The van der Waals surface area contributed by atoms with Crippen molar-refractivity contribution in [1.29, 1.82) is 0 Å². The van der Waals surface area contributed by atoms with Gasteiger partial charge >= 0.3 is 0 Å². The summed E-state index contributed by atoms with van der Waals surface area (Å²) in [5, 5.41) is 24.3. The minimum Gasteiger partial charge on any atom is -0.505 e. The molecule has 172 valence electrons. The molecule has 1 atom stereocenters. The fraction of sp³-hybridized carbons (Fsp3) is 0.391. The molecule has 1 aromatic heterocycles. The molecule has 3 rings (SSSR count). The molecule has 5 N–H and O–H groups in total. The number of nitrogens with one attached hydrogen (secondary N) is 1. The number of fused-ring (bicyclic) bond motifs is 1. The highest BCUT2D eigenvalue weighted by molar-refractivity contribution is 6.03. The summed E-state index contributed by atoms with van der Waals surface area (Å²) in [7, 11) is 0. The minimum absolute atomic E-state index is 0.0278. The SMILES string of the molecule is CC(C)OCCNC(=O)C1=C(O)c2ncc(Cc3ccc(F)cc3)cc2N(CCN)C1O. The quantitative estimate of drug-likeness (QED) is 0.435. The molecule has 8 nitrogen and oxygen atoms in total. The second-order valence-corrected chi connectivity index (χ2v) is 7.81. The largest absolute Gasteiger partial charge is 0.505 e. The van der Waals surface area contributed by atoms with Crippen LogP contribution in [0.2, 0.25) is 0 Å². The number of ether oxygens (including phenoxy) is 1. The first-order valence-corrected chi connectivity index (χ1v) is 10.5. The van der Waals surface area contributed by atoms with E-state index in [-0.39, 0.29) is 48.6 Å². The molecular formula is C23H29FN4O4. The van der Waals surface area contributed by atoms with E-state index in [2.05, 4.69) is 10.3 Å². The zero-order valence-corrected chi connectivity index (χ0v) is 18.2. The number of halogens is 1. The van der Waals surface area contributed by atoms with Crippen molar-refractivity contribution in [3.8, 4) is 0 Å². The Morgan fingerprint density at radius 2 is 2.03 bits per heavy atom. The Hall–Kier alpha value is -3.01. The Morgan fingerprint density at radius 3 is 2.69 bits per heavy atom. The van der Waals surface area contributed by atoms with Crippen molar-refractivity contribution in [2.45, 2.75) is 32.6 Å². The zero-order valence-electron chi connectivity index (χ0n) is 18.2. The first-order valence-electron chi connectivity index (χ1n) is 10.5. The number of nitrogens with zero attached hydrogens (tertiary/aromatic N) is 2. The Kier molecular flexibility index (Phi) is 7.79. The predicted octanol–water partition coefficient (Wildman–Crippen LogP) is 1.72. The summed E-state index contributed by atoms with van der Waals surface area (Å²) < 4.78 is 18.6. The van der Waals surface area contributed by atoms with Gasteiger partial charge in [0.2, 0.25) is 0 Å². The van der Waals surface area contributed by atoms with Crippen molar-refractivity contribution in [3.05, 3.63) is 64.7 Å². The molecule has 1 unspecified atom stereocenters. The first-order chi connectivity index (χ1) is 15.3. The van der Waals surface area contributed by atoms with Gasteiger partial charge in [-0.1, -0.05) is 12.1 Å². The number of hydrogen-bond donors (Lipinski definition) is 4. The van der Waals surface area contributed by atoms with Crippen LogP contribution in [-0.4, -0.2) is 59.7 Å². The van der Waals surface area contributed by atoms with Crippen LogP contribution in [-0.2, 0) is 16.0 Å². The Labute approximate surface area is 186 Å². The van der Waals surface area contributed by atoms with Crippen LogP contribution in [0.4, 0.5) is 10.1 Å². The smallest absolute Gasteiger partial charge is 0.255 e. The number of aliphatic hydroxyl groups is 2. The summed E-state index contributed by atoms with van der Waals surface area (Å²) in [5.74, 6) is -1.30. The van der Waals surface area contributed by atoms with Gasteiger partial charge in [0.15, 0.2) is 12.0 Å². The van der Waals surface area contributed by atoms with E-state index in [0.29, 0.717) is 18.7 Å². The standard InChI is InChI=1S/C23H29FN4O4/c1-14(2)32-10-8-26-22(30)19-21(29)20-18(28(9-7-25)23(19)31)12-16(13-27-20)11-15-3-5-17(24)6-4-15/h3-6,12-14,23,29,31H,7-11,25H2,1-2H3,(H,26,30). The van der Waals surface area contributed by atoms with E-state index in [1.807, 2.05) is 13.8 Å². The predicted molar refractivity (Wildman–Crippen MR) is 119 cm³/mol.